The average Bonchev–Trinajstić information content (AvgIpc) is 2.63. The second-order valence-corrected chi connectivity index (χ2v) is 2.75. The highest BCUT2D eigenvalue weighted by Crippen LogP contribution is 2.27. The zero-order valence-electron chi connectivity index (χ0n) is 7.20. The van der Waals surface area contributed by atoms with E-state index in [1.54, 1.807) is 13.2 Å². The Kier molecular flexibility index (Phi) is 1.77. The van der Waals surface area contributed by atoms with Gasteiger partial charge in [0.15, 0.2) is 12.0 Å². The molecule has 0 aliphatic rings. The van der Waals surface area contributed by atoms with Crippen molar-refractivity contribution in [1.82, 2.24) is 4.98 Å². The fourth-order valence-corrected chi connectivity index (χ4v) is 1.43. The summed E-state index contributed by atoms with van der Waals surface area (Å²) < 4.78 is 5.15. The molecule has 0 aliphatic carbocycles. The number of H-pyrrole nitrogens is 1. The van der Waals surface area contributed by atoms with E-state index in [-0.39, 0.29) is 0 Å². The molecular weight excluding hydrogens is 166 g/mol. The van der Waals surface area contributed by atoms with Gasteiger partial charge >= 0.3 is 0 Å². The molecular formula is C10H9NO2. The molecule has 0 atom stereocenters. The van der Waals surface area contributed by atoms with Crippen molar-refractivity contribution in [3.05, 3.63) is 30.0 Å². The third-order valence-electron chi connectivity index (χ3n) is 2.04. The molecule has 0 bridgehead atoms. The van der Waals surface area contributed by atoms with E-state index in [4.69, 9.17) is 4.74 Å². The second-order valence-electron chi connectivity index (χ2n) is 2.75. The van der Waals surface area contributed by atoms with Gasteiger partial charge in [0.05, 0.1) is 18.2 Å². The van der Waals surface area contributed by atoms with Crippen molar-refractivity contribution in [3.8, 4) is 5.75 Å². The first-order valence-electron chi connectivity index (χ1n) is 3.96. The van der Waals surface area contributed by atoms with Gasteiger partial charge in [-0.05, 0) is 12.1 Å². The number of hydrogen-bond acceptors (Lipinski definition) is 2. The smallest absolute Gasteiger partial charge is 0.153 e. The zero-order chi connectivity index (χ0) is 9.26. The molecule has 0 unspecified atom stereocenters. The molecule has 1 heterocycles. The van der Waals surface area contributed by atoms with E-state index < -0.39 is 0 Å². The molecule has 1 N–H and O–H groups in total. The fourth-order valence-electron chi connectivity index (χ4n) is 1.43. The minimum atomic E-state index is 0.567. The molecule has 0 radical (unpaired) electrons. The van der Waals surface area contributed by atoms with Gasteiger partial charge in [-0.1, -0.05) is 6.07 Å². The highest BCUT2D eigenvalue weighted by molar-refractivity contribution is 5.94. The number of hydrogen-bond donors (Lipinski definition) is 1. The quantitative estimate of drug-likeness (QED) is 0.709. The highest BCUT2D eigenvalue weighted by Gasteiger charge is 2.07. The standard InChI is InChI=1S/C10H9NO2/c1-13-10-8(6-12)3-2-7-4-5-11-9(7)10/h2-6,11H,1H3. The SMILES string of the molecule is COc1c(C=O)ccc2cc[nH]c12. The number of rotatable bonds is 2. The van der Waals surface area contributed by atoms with E-state index in [0.29, 0.717) is 11.3 Å². The van der Waals surface area contributed by atoms with Crippen LogP contribution in [-0.4, -0.2) is 18.4 Å². The summed E-state index contributed by atoms with van der Waals surface area (Å²) in [6.07, 6.45) is 2.61. The van der Waals surface area contributed by atoms with Crippen molar-refractivity contribution in [3.63, 3.8) is 0 Å². The number of aromatic nitrogens is 1. The molecule has 1 aromatic heterocycles. The maximum atomic E-state index is 10.7. The summed E-state index contributed by atoms with van der Waals surface area (Å²) in [6, 6.07) is 5.58. The van der Waals surface area contributed by atoms with E-state index >= 15 is 0 Å². The lowest BCUT2D eigenvalue weighted by Gasteiger charge is -2.03. The monoisotopic (exact) mass is 175 g/mol. The Morgan fingerprint density at radius 2 is 2.23 bits per heavy atom. The van der Waals surface area contributed by atoms with Crippen molar-refractivity contribution in [2.75, 3.05) is 7.11 Å². The van der Waals surface area contributed by atoms with Crippen LogP contribution in [0.4, 0.5) is 0 Å². The summed E-state index contributed by atoms with van der Waals surface area (Å²) in [5.41, 5.74) is 1.43. The Morgan fingerprint density at radius 1 is 1.38 bits per heavy atom. The lowest BCUT2D eigenvalue weighted by molar-refractivity contribution is 0.112. The van der Waals surface area contributed by atoms with Crippen molar-refractivity contribution < 1.29 is 9.53 Å². The Bertz CT molecular complexity index is 445. The average molecular weight is 175 g/mol. The topological polar surface area (TPSA) is 42.1 Å². The summed E-state index contributed by atoms with van der Waals surface area (Å²) in [6.45, 7) is 0. The van der Waals surface area contributed by atoms with E-state index in [9.17, 15) is 4.79 Å². The van der Waals surface area contributed by atoms with Gasteiger partial charge in [0, 0.05) is 11.6 Å². The fraction of sp³-hybridized carbons (Fsp3) is 0.100. The Labute approximate surface area is 75.3 Å². The van der Waals surface area contributed by atoms with Gasteiger partial charge in [-0.2, -0.15) is 0 Å². The summed E-state index contributed by atoms with van der Waals surface area (Å²) >= 11 is 0. The molecule has 2 aromatic rings. The molecule has 0 fully saturated rings. The van der Waals surface area contributed by atoms with E-state index in [2.05, 4.69) is 4.98 Å². The lowest BCUT2D eigenvalue weighted by Crippen LogP contribution is -1.90. The van der Waals surface area contributed by atoms with Crippen molar-refractivity contribution >= 4 is 17.2 Å². The Morgan fingerprint density at radius 3 is 2.92 bits per heavy atom. The van der Waals surface area contributed by atoms with Crippen LogP contribution in [0.5, 0.6) is 5.75 Å². The van der Waals surface area contributed by atoms with Crippen LogP contribution >= 0.6 is 0 Å². The number of aromatic amines is 1. The maximum absolute atomic E-state index is 10.7. The lowest BCUT2D eigenvalue weighted by atomic mass is 10.1. The third-order valence-corrected chi connectivity index (χ3v) is 2.04. The summed E-state index contributed by atoms with van der Waals surface area (Å²) in [7, 11) is 1.56. The number of aldehydes is 1. The molecule has 0 amide bonds. The molecule has 13 heavy (non-hydrogen) atoms. The number of fused-ring (bicyclic) bond motifs is 1. The number of methoxy groups -OCH3 is 1. The van der Waals surface area contributed by atoms with Gasteiger partial charge in [0.1, 0.15) is 0 Å². The van der Waals surface area contributed by atoms with Crippen LogP contribution < -0.4 is 4.74 Å². The number of ether oxygens (including phenoxy) is 1. The Balaban J connectivity index is 2.81. The molecule has 0 aliphatic heterocycles. The minimum Gasteiger partial charge on any atom is -0.494 e. The number of benzene rings is 1. The van der Waals surface area contributed by atoms with E-state index in [0.717, 1.165) is 17.2 Å². The van der Waals surface area contributed by atoms with Gasteiger partial charge in [-0.25, -0.2) is 0 Å². The van der Waals surface area contributed by atoms with Crippen LogP contribution in [0.15, 0.2) is 24.4 Å². The number of nitrogens with one attached hydrogen (secondary N) is 1. The molecule has 0 spiro atoms. The van der Waals surface area contributed by atoms with Gasteiger partial charge in [0.2, 0.25) is 0 Å². The molecule has 0 saturated carbocycles. The van der Waals surface area contributed by atoms with Crippen LogP contribution in [0, 0.1) is 0 Å². The first kappa shape index (κ1) is 7.86. The zero-order valence-corrected chi connectivity index (χ0v) is 7.20. The minimum absolute atomic E-state index is 0.567. The largest absolute Gasteiger partial charge is 0.494 e. The first-order chi connectivity index (χ1) is 6.36. The molecule has 2 rings (SSSR count). The number of carbonyl (C=O) groups is 1. The van der Waals surface area contributed by atoms with Gasteiger partial charge in [-0.3, -0.25) is 4.79 Å². The predicted molar refractivity (Wildman–Crippen MR) is 50.2 cm³/mol. The molecule has 0 saturated heterocycles. The molecule has 1 aromatic carbocycles. The molecule has 3 nitrogen and oxygen atoms in total. The Hall–Kier alpha value is -1.77. The first-order valence-corrected chi connectivity index (χ1v) is 3.96. The van der Waals surface area contributed by atoms with E-state index in [1.165, 1.54) is 0 Å². The van der Waals surface area contributed by atoms with Gasteiger partial charge in [-0.15, -0.1) is 0 Å². The summed E-state index contributed by atoms with van der Waals surface area (Å²) in [5, 5.41) is 1.04. The molecule has 3 heteroatoms. The van der Waals surface area contributed by atoms with Gasteiger partial charge < -0.3 is 9.72 Å². The second kappa shape index (κ2) is 2.94. The molecule has 66 valence electrons. The van der Waals surface area contributed by atoms with Crippen LogP contribution in [0.3, 0.4) is 0 Å². The van der Waals surface area contributed by atoms with Crippen LogP contribution in [0.25, 0.3) is 10.9 Å². The highest BCUT2D eigenvalue weighted by atomic mass is 16.5. The van der Waals surface area contributed by atoms with Crippen LogP contribution in [-0.2, 0) is 0 Å². The van der Waals surface area contributed by atoms with Gasteiger partial charge in [0.25, 0.3) is 0 Å². The normalized spacial score (nSPS) is 10.2. The van der Waals surface area contributed by atoms with Crippen LogP contribution in [0.1, 0.15) is 10.4 Å². The van der Waals surface area contributed by atoms with Crippen molar-refractivity contribution in [2.24, 2.45) is 0 Å². The van der Waals surface area contributed by atoms with Crippen LogP contribution in [0.2, 0.25) is 0 Å². The van der Waals surface area contributed by atoms with Crippen molar-refractivity contribution in [1.29, 1.82) is 0 Å². The number of carbonyl (C=O) groups excluding carboxylic acids is 1. The van der Waals surface area contributed by atoms with Crippen molar-refractivity contribution in [2.45, 2.75) is 0 Å². The summed E-state index contributed by atoms with van der Waals surface area (Å²) in [4.78, 5) is 13.7. The maximum Gasteiger partial charge on any atom is 0.153 e. The third kappa shape index (κ3) is 1.09. The van der Waals surface area contributed by atoms with E-state index in [1.807, 2.05) is 18.3 Å². The summed E-state index contributed by atoms with van der Waals surface area (Å²) in [5.74, 6) is 0.609. The predicted octanol–water partition coefficient (Wildman–Crippen LogP) is 1.99.